The number of benzene rings is 1. The van der Waals surface area contributed by atoms with Crippen LogP contribution in [0.25, 0.3) is 0 Å². The van der Waals surface area contributed by atoms with Gasteiger partial charge in [0.05, 0.1) is 10.9 Å². The highest BCUT2D eigenvalue weighted by atomic mass is 32.2. The van der Waals surface area contributed by atoms with E-state index in [0.717, 1.165) is 5.56 Å². The molecule has 0 saturated carbocycles. The summed E-state index contributed by atoms with van der Waals surface area (Å²) in [5, 5.41) is 0. The molecule has 2 aromatic rings. The molecule has 21 heavy (non-hydrogen) atoms. The summed E-state index contributed by atoms with van der Waals surface area (Å²) in [6.07, 6.45) is 3.92. The van der Waals surface area contributed by atoms with Gasteiger partial charge < -0.3 is 4.98 Å². The first kappa shape index (κ1) is 15.7. The number of rotatable bonds is 6. The Morgan fingerprint density at radius 2 is 1.90 bits per heavy atom. The molecule has 0 amide bonds. The summed E-state index contributed by atoms with van der Waals surface area (Å²) >= 11 is 0. The first-order chi connectivity index (χ1) is 9.94. The second kappa shape index (κ2) is 6.41. The molecule has 1 heterocycles. The molecule has 1 atom stereocenters. The van der Waals surface area contributed by atoms with Crippen molar-refractivity contribution in [2.24, 2.45) is 0 Å². The molecule has 114 valence electrons. The smallest absolute Gasteiger partial charge is 0.241 e. The molecule has 0 aliphatic rings. The van der Waals surface area contributed by atoms with E-state index in [0.29, 0.717) is 18.2 Å². The third-order valence-electron chi connectivity index (χ3n) is 3.41. The minimum atomic E-state index is -3.55. The van der Waals surface area contributed by atoms with Crippen molar-refractivity contribution in [2.45, 2.75) is 44.0 Å². The first-order valence-electron chi connectivity index (χ1n) is 7.05. The summed E-state index contributed by atoms with van der Waals surface area (Å²) in [6.45, 7) is 6.06. The zero-order valence-corrected chi connectivity index (χ0v) is 13.3. The van der Waals surface area contributed by atoms with E-state index >= 15 is 0 Å². The summed E-state index contributed by atoms with van der Waals surface area (Å²) < 4.78 is 27.5. The molecule has 0 aliphatic carbocycles. The molecular formula is C15H21N3O2S. The molecule has 6 heteroatoms. The van der Waals surface area contributed by atoms with Crippen LogP contribution in [0.4, 0.5) is 0 Å². The molecule has 1 unspecified atom stereocenters. The molecule has 0 aliphatic heterocycles. The Labute approximate surface area is 125 Å². The van der Waals surface area contributed by atoms with E-state index in [1.165, 1.54) is 0 Å². The van der Waals surface area contributed by atoms with Gasteiger partial charge in [0.25, 0.3) is 0 Å². The van der Waals surface area contributed by atoms with E-state index in [1.807, 2.05) is 19.1 Å². The molecule has 2 rings (SSSR count). The number of hydrogen-bond acceptors (Lipinski definition) is 3. The van der Waals surface area contributed by atoms with Crippen LogP contribution in [0.1, 0.15) is 50.5 Å². The zero-order chi connectivity index (χ0) is 15.5. The van der Waals surface area contributed by atoms with Gasteiger partial charge in [-0.2, -0.15) is 0 Å². The quantitative estimate of drug-likeness (QED) is 0.861. The van der Waals surface area contributed by atoms with Gasteiger partial charge >= 0.3 is 0 Å². The van der Waals surface area contributed by atoms with Gasteiger partial charge in [0.1, 0.15) is 5.82 Å². The molecule has 0 bridgehead atoms. The van der Waals surface area contributed by atoms with Crippen LogP contribution < -0.4 is 4.72 Å². The van der Waals surface area contributed by atoms with Gasteiger partial charge in [0.2, 0.25) is 10.0 Å². The number of nitrogens with one attached hydrogen (secondary N) is 2. The molecule has 5 nitrogen and oxygen atoms in total. The molecule has 1 aromatic carbocycles. The van der Waals surface area contributed by atoms with Crippen molar-refractivity contribution >= 4 is 10.0 Å². The lowest BCUT2D eigenvalue weighted by Crippen LogP contribution is -2.29. The van der Waals surface area contributed by atoms with Crippen molar-refractivity contribution in [3.05, 3.63) is 48.0 Å². The topological polar surface area (TPSA) is 74.8 Å². The fourth-order valence-corrected chi connectivity index (χ4v) is 3.37. The maximum Gasteiger partial charge on any atom is 0.241 e. The van der Waals surface area contributed by atoms with Crippen molar-refractivity contribution in [3.8, 4) is 0 Å². The summed E-state index contributed by atoms with van der Waals surface area (Å²) in [6, 6.07) is 6.65. The van der Waals surface area contributed by atoms with Crippen LogP contribution in [-0.2, 0) is 10.0 Å². The predicted octanol–water partition coefficient (Wildman–Crippen LogP) is 2.96. The van der Waals surface area contributed by atoms with Gasteiger partial charge in [0.15, 0.2) is 0 Å². The van der Waals surface area contributed by atoms with Gasteiger partial charge in [0, 0.05) is 12.4 Å². The highest BCUT2D eigenvalue weighted by molar-refractivity contribution is 7.89. The fourth-order valence-electron chi connectivity index (χ4n) is 2.09. The Kier molecular flexibility index (Phi) is 4.80. The summed E-state index contributed by atoms with van der Waals surface area (Å²) in [5.74, 6) is 1.00. The minimum absolute atomic E-state index is 0.275. The Bertz CT molecular complexity index is 661. The lowest BCUT2D eigenvalue weighted by molar-refractivity contribution is 0.539. The SMILES string of the molecule is CCC(NS(=O)(=O)c1ccc(C(C)C)cc1)c1ncc[nH]1. The Hall–Kier alpha value is -1.66. The van der Waals surface area contributed by atoms with Crippen molar-refractivity contribution in [3.63, 3.8) is 0 Å². The number of H-pyrrole nitrogens is 1. The van der Waals surface area contributed by atoms with Crippen LogP contribution in [0.2, 0.25) is 0 Å². The van der Waals surface area contributed by atoms with E-state index in [9.17, 15) is 8.42 Å². The van der Waals surface area contributed by atoms with Crippen molar-refractivity contribution in [2.75, 3.05) is 0 Å². The van der Waals surface area contributed by atoms with Crippen LogP contribution in [0, 0.1) is 0 Å². The second-order valence-electron chi connectivity index (χ2n) is 5.28. The number of hydrogen-bond donors (Lipinski definition) is 2. The molecule has 2 N–H and O–H groups in total. The van der Waals surface area contributed by atoms with Gasteiger partial charge in [-0.05, 0) is 30.0 Å². The maximum absolute atomic E-state index is 12.4. The largest absolute Gasteiger partial charge is 0.347 e. The lowest BCUT2D eigenvalue weighted by Gasteiger charge is -2.15. The van der Waals surface area contributed by atoms with Crippen molar-refractivity contribution in [1.29, 1.82) is 0 Å². The maximum atomic E-state index is 12.4. The molecule has 0 radical (unpaired) electrons. The standard InChI is InChI=1S/C15H21N3O2S/c1-4-14(15-16-9-10-17-15)18-21(19,20)13-7-5-12(6-8-13)11(2)3/h5-11,14,18H,4H2,1-3H3,(H,16,17). The highest BCUT2D eigenvalue weighted by Gasteiger charge is 2.21. The average Bonchev–Trinajstić information content (AvgIpc) is 2.99. The Morgan fingerprint density at radius 1 is 1.24 bits per heavy atom. The fraction of sp³-hybridized carbons (Fsp3) is 0.400. The lowest BCUT2D eigenvalue weighted by atomic mass is 10.0. The van der Waals surface area contributed by atoms with E-state index in [4.69, 9.17) is 0 Å². The van der Waals surface area contributed by atoms with E-state index < -0.39 is 10.0 Å². The first-order valence-corrected chi connectivity index (χ1v) is 8.54. The van der Waals surface area contributed by atoms with E-state index in [2.05, 4.69) is 28.5 Å². The van der Waals surface area contributed by atoms with Crippen LogP contribution >= 0.6 is 0 Å². The van der Waals surface area contributed by atoms with Gasteiger partial charge in [-0.15, -0.1) is 0 Å². The predicted molar refractivity (Wildman–Crippen MR) is 82.5 cm³/mol. The second-order valence-corrected chi connectivity index (χ2v) is 6.99. The third-order valence-corrected chi connectivity index (χ3v) is 4.90. The number of sulfonamides is 1. The highest BCUT2D eigenvalue weighted by Crippen LogP contribution is 2.20. The van der Waals surface area contributed by atoms with Gasteiger partial charge in [-0.3, -0.25) is 0 Å². The molecule has 0 fully saturated rings. The monoisotopic (exact) mass is 307 g/mol. The summed E-state index contributed by atoms with van der Waals surface area (Å²) in [4.78, 5) is 7.34. The number of aromatic nitrogens is 2. The van der Waals surface area contributed by atoms with Gasteiger partial charge in [-0.1, -0.05) is 32.9 Å². The van der Waals surface area contributed by atoms with Crippen LogP contribution in [0.5, 0.6) is 0 Å². The normalized spacial score (nSPS) is 13.5. The summed E-state index contributed by atoms with van der Waals surface area (Å²) in [5.41, 5.74) is 1.12. The average molecular weight is 307 g/mol. The summed E-state index contributed by atoms with van der Waals surface area (Å²) in [7, 11) is -3.55. The van der Waals surface area contributed by atoms with Crippen molar-refractivity contribution in [1.82, 2.24) is 14.7 Å². The molecule has 0 saturated heterocycles. The van der Waals surface area contributed by atoms with Crippen LogP contribution in [0.3, 0.4) is 0 Å². The van der Waals surface area contributed by atoms with Crippen LogP contribution in [-0.4, -0.2) is 18.4 Å². The zero-order valence-electron chi connectivity index (χ0n) is 12.5. The third kappa shape index (κ3) is 3.71. The number of nitrogens with zero attached hydrogens (tertiary/aromatic N) is 1. The number of imidazole rings is 1. The van der Waals surface area contributed by atoms with E-state index in [-0.39, 0.29) is 10.9 Å². The van der Waals surface area contributed by atoms with Crippen LogP contribution in [0.15, 0.2) is 41.6 Å². The minimum Gasteiger partial charge on any atom is -0.347 e. The van der Waals surface area contributed by atoms with E-state index in [1.54, 1.807) is 24.5 Å². The van der Waals surface area contributed by atoms with Crippen molar-refractivity contribution < 1.29 is 8.42 Å². The number of aromatic amines is 1. The molecular weight excluding hydrogens is 286 g/mol. The molecule has 0 spiro atoms. The molecule has 1 aromatic heterocycles. The van der Waals surface area contributed by atoms with Gasteiger partial charge in [-0.25, -0.2) is 18.1 Å². The Balaban J connectivity index is 2.21. The Morgan fingerprint density at radius 3 is 2.38 bits per heavy atom.